The highest BCUT2D eigenvalue weighted by molar-refractivity contribution is 14.1. The molecule has 0 saturated carbocycles. The van der Waals surface area contributed by atoms with E-state index in [0.717, 1.165) is 18.7 Å². The van der Waals surface area contributed by atoms with E-state index in [2.05, 4.69) is 40.0 Å². The van der Waals surface area contributed by atoms with Gasteiger partial charge in [-0.05, 0) is 77.5 Å². The van der Waals surface area contributed by atoms with Crippen LogP contribution in [0.5, 0.6) is 5.75 Å². The number of carbonyl (C=O) groups is 1. The van der Waals surface area contributed by atoms with Crippen molar-refractivity contribution in [1.82, 2.24) is 0 Å². The average Bonchev–Trinajstić information content (AvgIpc) is 2.49. The Bertz CT molecular complexity index is 581. The van der Waals surface area contributed by atoms with Crippen LogP contribution in [0.15, 0.2) is 48.5 Å². The number of aromatic carboxylic acids is 1. The standard InChI is InChI=1S/C16H16INO3/c17-13-4-6-14(7-5-13)18-10-1-11-21-15-8-2-12(3-9-15)16(19)20/h2-9,18H,1,10-11H2,(H,19,20). The number of halogens is 1. The summed E-state index contributed by atoms with van der Waals surface area (Å²) in [7, 11) is 0. The fourth-order valence-electron chi connectivity index (χ4n) is 1.76. The molecule has 4 nitrogen and oxygen atoms in total. The lowest BCUT2D eigenvalue weighted by atomic mass is 10.2. The Morgan fingerprint density at radius 1 is 1.10 bits per heavy atom. The van der Waals surface area contributed by atoms with Crippen LogP contribution in [-0.2, 0) is 0 Å². The van der Waals surface area contributed by atoms with Crippen LogP contribution in [0.1, 0.15) is 16.8 Å². The van der Waals surface area contributed by atoms with Crippen molar-refractivity contribution in [2.45, 2.75) is 6.42 Å². The highest BCUT2D eigenvalue weighted by Gasteiger charge is 2.01. The minimum absolute atomic E-state index is 0.266. The third-order valence-electron chi connectivity index (χ3n) is 2.86. The molecule has 0 bridgehead atoms. The van der Waals surface area contributed by atoms with Gasteiger partial charge in [-0.25, -0.2) is 4.79 Å². The second-order valence-electron chi connectivity index (χ2n) is 4.47. The molecule has 2 rings (SSSR count). The monoisotopic (exact) mass is 397 g/mol. The van der Waals surface area contributed by atoms with Crippen molar-refractivity contribution in [2.24, 2.45) is 0 Å². The predicted octanol–water partition coefficient (Wildman–Crippen LogP) is 3.87. The summed E-state index contributed by atoms with van der Waals surface area (Å²) in [6.45, 7) is 1.41. The smallest absolute Gasteiger partial charge is 0.335 e. The van der Waals surface area contributed by atoms with Gasteiger partial charge in [0.2, 0.25) is 0 Å². The number of carboxylic acid groups (broad SMARTS) is 1. The molecule has 0 atom stereocenters. The summed E-state index contributed by atoms with van der Waals surface area (Å²) in [5.74, 6) is -0.238. The maximum atomic E-state index is 10.7. The largest absolute Gasteiger partial charge is 0.494 e. The van der Waals surface area contributed by atoms with Crippen molar-refractivity contribution in [3.05, 3.63) is 57.7 Å². The number of hydrogen-bond donors (Lipinski definition) is 2. The lowest BCUT2D eigenvalue weighted by molar-refractivity contribution is 0.0697. The van der Waals surface area contributed by atoms with Gasteiger partial charge in [0.25, 0.3) is 0 Å². The minimum atomic E-state index is -0.928. The van der Waals surface area contributed by atoms with E-state index in [-0.39, 0.29) is 5.56 Å². The summed E-state index contributed by atoms with van der Waals surface area (Å²) in [5, 5.41) is 12.1. The van der Waals surface area contributed by atoms with Gasteiger partial charge in [-0.3, -0.25) is 0 Å². The van der Waals surface area contributed by atoms with Crippen LogP contribution in [0.2, 0.25) is 0 Å². The highest BCUT2D eigenvalue weighted by Crippen LogP contribution is 2.13. The molecular weight excluding hydrogens is 381 g/mol. The zero-order valence-corrected chi connectivity index (χ0v) is 13.5. The van der Waals surface area contributed by atoms with E-state index in [0.29, 0.717) is 12.4 Å². The fourth-order valence-corrected chi connectivity index (χ4v) is 2.12. The molecule has 2 aromatic carbocycles. The molecule has 2 aromatic rings. The first-order chi connectivity index (χ1) is 10.1. The van der Waals surface area contributed by atoms with Crippen molar-refractivity contribution >= 4 is 34.2 Å². The van der Waals surface area contributed by atoms with E-state index in [9.17, 15) is 4.79 Å². The molecule has 2 N–H and O–H groups in total. The van der Waals surface area contributed by atoms with Crippen molar-refractivity contribution in [3.8, 4) is 5.75 Å². The molecule has 0 aliphatic heterocycles. The lowest BCUT2D eigenvalue weighted by Crippen LogP contribution is -2.07. The van der Waals surface area contributed by atoms with E-state index < -0.39 is 5.97 Å². The Morgan fingerprint density at radius 3 is 2.38 bits per heavy atom. The number of nitrogens with one attached hydrogen (secondary N) is 1. The summed E-state index contributed by atoms with van der Waals surface area (Å²) in [6.07, 6.45) is 0.868. The zero-order chi connectivity index (χ0) is 15.1. The van der Waals surface area contributed by atoms with Gasteiger partial charge in [-0.2, -0.15) is 0 Å². The molecule has 0 unspecified atom stereocenters. The van der Waals surface area contributed by atoms with Crippen LogP contribution in [0.3, 0.4) is 0 Å². The van der Waals surface area contributed by atoms with Crippen LogP contribution in [0.4, 0.5) is 5.69 Å². The Hall–Kier alpha value is -1.76. The van der Waals surface area contributed by atoms with Gasteiger partial charge in [0.05, 0.1) is 12.2 Å². The Kier molecular flexibility index (Phi) is 5.86. The van der Waals surface area contributed by atoms with Crippen molar-refractivity contribution < 1.29 is 14.6 Å². The number of benzene rings is 2. The molecule has 0 heterocycles. The zero-order valence-electron chi connectivity index (χ0n) is 11.4. The first kappa shape index (κ1) is 15.6. The van der Waals surface area contributed by atoms with Crippen LogP contribution in [-0.4, -0.2) is 24.2 Å². The van der Waals surface area contributed by atoms with E-state index in [4.69, 9.17) is 9.84 Å². The molecule has 5 heteroatoms. The molecule has 0 amide bonds. The molecule has 0 radical (unpaired) electrons. The molecule has 0 aliphatic carbocycles. The highest BCUT2D eigenvalue weighted by atomic mass is 127. The van der Waals surface area contributed by atoms with E-state index in [1.54, 1.807) is 24.3 Å². The van der Waals surface area contributed by atoms with Gasteiger partial charge in [-0.15, -0.1) is 0 Å². The minimum Gasteiger partial charge on any atom is -0.494 e. The van der Waals surface area contributed by atoms with Gasteiger partial charge < -0.3 is 15.2 Å². The molecule has 0 aromatic heterocycles. The summed E-state index contributed by atoms with van der Waals surface area (Å²) in [5.41, 5.74) is 1.36. The first-order valence-electron chi connectivity index (χ1n) is 6.61. The second-order valence-corrected chi connectivity index (χ2v) is 5.71. The van der Waals surface area contributed by atoms with E-state index >= 15 is 0 Å². The maximum Gasteiger partial charge on any atom is 0.335 e. The van der Waals surface area contributed by atoms with Gasteiger partial charge in [0.1, 0.15) is 5.75 Å². The van der Waals surface area contributed by atoms with Gasteiger partial charge in [-0.1, -0.05) is 0 Å². The summed E-state index contributed by atoms with van der Waals surface area (Å²) in [6, 6.07) is 14.7. The molecule has 21 heavy (non-hydrogen) atoms. The Morgan fingerprint density at radius 2 is 1.76 bits per heavy atom. The second kappa shape index (κ2) is 7.87. The van der Waals surface area contributed by atoms with Crippen LogP contribution >= 0.6 is 22.6 Å². The third kappa shape index (κ3) is 5.26. The molecule has 0 aliphatic rings. The fraction of sp³-hybridized carbons (Fsp3) is 0.188. The first-order valence-corrected chi connectivity index (χ1v) is 7.68. The van der Waals surface area contributed by atoms with Crippen molar-refractivity contribution in [2.75, 3.05) is 18.5 Å². The van der Waals surface area contributed by atoms with Crippen molar-refractivity contribution in [3.63, 3.8) is 0 Å². The number of rotatable bonds is 7. The molecule has 0 saturated heterocycles. The van der Waals surface area contributed by atoms with E-state index in [1.165, 1.54) is 3.57 Å². The number of hydrogen-bond acceptors (Lipinski definition) is 3. The summed E-state index contributed by atoms with van der Waals surface area (Å²) < 4.78 is 6.78. The molecule has 0 spiro atoms. The van der Waals surface area contributed by atoms with Crippen LogP contribution in [0.25, 0.3) is 0 Å². The van der Waals surface area contributed by atoms with E-state index in [1.807, 2.05) is 12.1 Å². The summed E-state index contributed by atoms with van der Waals surface area (Å²) in [4.78, 5) is 10.7. The third-order valence-corrected chi connectivity index (χ3v) is 3.58. The maximum absolute atomic E-state index is 10.7. The van der Waals surface area contributed by atoms with Crippen LogP contribution < -0.4 is 10.1 Å². The van der Waals surface area contributed by atoms with Crippen molar-refractivity contribution in [1.29, 1.82) is 0 Å². The lowest BCUT2D eigenvalue weighted by Gasteiger charge is -2.08. The Balaban J connectivity index is 1.67. The number of ether oxygens (including phenoxy) is 1. The van der Waals surface area contributed by atoms with Gasteiger partial charge in [0, 0.05) is 15.8 Å². The molecule has 110 valence electrons. The number of anilines is 1. The molecule has 0 fully saturated rings. The van der Waals surface area contributed by atoms with Gasteiger partial charge >= 0.3 is 5.97 Å². The SMILES string of the molecule is O=C(O)c1ccc(OCCCNc2ccc(I)cc2)cc1. The topological polar surface area (TPSA) is 58.6 Å². The Labute approximate surface area is 137 Å². The quantitative estimate of drug-likeness (QED) is 0.550. The van der Waals surface area contributed by atoms with Gasteiger partial charge in [0.15, 0.2) is 0 Å². The summed E-state index contributed by atoms with van der Waals surface area (Å²) >= 11 is 2.28. The normalized spacial score (nSPS) is 10.1. The predicted molar refractivity (Wildman–Crippen MR) is 91.2 cm³/mol. The molecular formula is C16H16INO3. The average molecular weight is 397 g/mol. The number of carboxylic acids is 1. The van der Waals surface area contributed by atoms with Crippen LogP contribution in [0, 0.1) is 3.57 Å².